The summed E-state index contributed by atoms with van der Waals surface area (Å²) in [7, 11) is 1.62. The van der Waals surface area contributed by atoms with E-state index in [9.17, 15) is 9.59 Å². The van der Waals surface area contributed by atoms with Crippen LogP contribution in [0.2, 0.25) is 0 Å². The van der Waals surface area contributed by atoms with Crippen LogP contribution in [0.3, 0.4) is 0 Å². The van der Waals surface area contributed by atoms with Gasteiger partial charge >= 0.3 is 5.63 Å². The van der Waals surface area contributed by atoms with Gasteiger partial charge in [-0.3, -0.25) is 4.79 Å². The van der Waals surface area contributed by atoms with Crippen molar-refractivity contribution in [2.24, 2.45) is 0 Å². The van der Waals surface area contributed by atoms with E-state index >= 15 is 0 Å². The second-order valence-electron chi connectivity index (χ2n) is 6.42. The van der Waals surface area contributed by atoms with Crippen molar-refractivity contribution in [1.82, 2.24) is 4.90 Å². The van der Waals surface area contributed by atoms with Gasteiger partial charge in [-0.2, -0.15) is 0 Å². The molecule has 1 atom stereocenters. The molecule has 1 aliphatic heterocycles. The third-order valence-electron chi connectivity index (χ3n) is 4.89. The summed E-state index contributed by atoms with van der Waals surface area (Å²) in [5.41, 5.74) is 1.03. The summed E-state index contributed by atoms with van der Waals surface area (Å²) in [6, 6.07) is 16.5. The van der Waals surface area contributed by atoms with Crippen LogP contribution in [0.4, 0.5) is 0 Å². The molecular formula is C21H19NO4. The number of methoxy groups -OCH3 is 1. The molecule has 2 aromatic carbocycles. The minimum absolute atomic E-state index is 0.0423. The first kappa shape index (κ1) is 16.4. The van der Waals surface area contributed by atoms with Crippen LogP contribution in [-0.4, -0.2) is 24.5 Å². The maximum absolute atomic E-state index is 13.1. The van der Waals surface area contributed by atoms with Crippen LogP contribution in [0.1, 0.15) is 34.8 Å². The Morgan fingerprint density at radius 2 is 1.92 bits per heavy atom. The van der Waals surface area contributed by atoms with Gasteiger partial charge in [0.2, 0.25) is 0 Å². The molecule has 2 heterocycles. The van der Waals surface area contributed by atoms with Crippen molar-refractivity contribution < 1.29 is 13.9 Å². The van der Waals surface area contributed by atoms with Crippen molar-refractivity contribution in [1.29, 1.82) is 0 Å². The van der Waals surface area contributed by atoms with Gasteiger partial charge in [0.1, 0.15) is 16.9 Å². The van der Waals surface area contributed by atoms with Crippen molar-refractivity contribution in [3.8, 4) is 5.75 Å². The molecular weight excluding hydrogens is 330 g/mol. The number of hydrogen-bond donors (Lipinski definition) is 0. The van der Waals surface area contributed by atoms with E-state index in [1.165, 1.54) is 0 Å². The summed E-state index contributed by atoms with van der Waals surface area (Å²) < 4.78 is 10.5. The number of benzene rings is 2. The van der Waals surface area contributed by atoms with Crippen molar-refractivity contribution in [2.75, 3.05) is 13.7 Å². The largest absolute Gasteiger partial charge is 0.497 e. The summed E-state index contributed by atoms with van der Waals surface area (Å²) in [6.45, 7) is 0.627. The first-order chi connectivity index (χ1) is 12.7. The lowest BCUT2D eigenvalue weighted by molar-refractivity contribution is 0.0731. The maximum Gasteiger partial charge on any atom is 0.349 e. The molecule has 0 aliphatic carbocycles. The van der Waals surface area contributed by atoms with Crippen LogP contribution >= 0.6 is 0 Å². The Kier molecular flexibility index (Phi) is 4.21. The molecule has 5 nitrogen and oxygen atoms in total. The quantitative estimate of drug-likeness (QED) is 0.675. The number of ether oxygens (including phenoxy) is 1. The molecule has 0 spiro atoms. The fraction of sp³-hybridized carbons (Fsp3) is 0.238. The predicted octanol–water partition coefficient (Wildman–Crippen LogP) is 3.78. The molecule has 1 amide bonds. The highest BCUT2D eigenvalue weighted by molar-refractivity contribution is 5.97. The minimum Gasteiger partial charge on any atom is -0.497 e. The third kappa shape index (κ3) is 2.86. The summed E-state index contributed by atoms with van der Waals surface area (Å²) >= 11 is 0. The molecule has 4 rings (SSSR count). The van der Waals surface area contributed by atoms with Crippen molar-refractivity contribution in [3.63, 3.8) is 0 Å². The standard InChI is InChI=1S/C21H19NO4/c1-25-16-10-8-14(9-11-16)18-6-4-12-22(18)20(23)17-13-15-5-2-3-7-19(15)26-21(17)24/h2-3,5,7-11,13,18H,4,6,12H2,1H3. The Morgan fingerprint density at radius 1 is 1.15 bits per heavy atom. The number of para-hydroxylation sites is 1. The fourth-order valence-corrected chi connectivity index (χ4v) is 3.55. The van der Waals surface area contributed by atoms with E-state index in [0.717, 1.165) is 29.5 Å². The molecule has 3 aromatic rings. The van der Waals surface area contributed by atoms with Crippen LogP contribution in [0.15, 0.2) is 63.8 Å². The van der Waals surface area contributed by atoms with Gasteiger partial charge in [0.15, 0.2) is 0 Å². The lowest BCUT2D eigenvalue weighted by Gasteiger charge is -2.25. The van der Waals surface area contributed by atoms with Crippen LogP contribution < -0.4 is 10.4 Å². The van der Waals surface area contributed by atoms with Gasteiger partial charge in [0, 0.05) is 11.9 Å². The number of likely N-dealkylation sites (tertiary alicyclic amines) is 1. The topological polar surface area (TPSA) is 59.8 Å². The van der Waals surface area contributed by atoms with Gasteiger partial charge in [-0.25, -0.2) is 4.79 Å². The number of hydrogen-bond acceptors (Lipinski definition) is 4. The smallest absolute Gasteiger partial charge is 0.349 e. The molecule has 1 aliphatic rings. The number of fused-ring (bicyclic) bond motifs is 1. The van der Waals surface area contributed by atoms with E-state index < -0.39 is 5.63 Å². The highest BCUT2D eigenvalue weighted by Crippen LogP contribution is 2.33. The molecule has 1 saturated heterocycles. The predicted molar refractivity (Wildman–Crippen MR) is 98.5 cm³/mol. The van der Waals surface area contributed by atoms with Crippen molar-refractivity contribution in [2.45, 2.75) is 18.9 Å². The van der Waals surface area contributed by atoms with E-state index in [1.54, 1.807) is 30.2 Å². The average Bonchev–Trinajstić information content (AvgIpc) is 3.17. The zero-order chi connectivity index (χ0) is 18.1. The van der Waals surface area contributed by atoms with E-state index in [-0.39, 0.29) is 17.5 Å². The molecule has 0 N–H and O–H groups in total. The minimum atomic E-state index is -0.589. The van der Waals surface area contributed by atoms with E-state index in [0.29, 0.717) is 12.1 Å². The van der Waals surface area contributed by atoms with Crippen LogP contribution in [0, 0.1) is 0 Å². The normalized spacial score (nSPS) is 16.8. The highest BCUT2D eigenvalue weighted by Gasteiger charge is 2.32. The second-order valence-corrected chi connectivity index (χ2v) is 6.42. The van der Waals surface area contributed by atoms with E-state index in [2.05, 4.69) is 0 Å². The maximum atomic E-state index is 13.1. The number of nitrogens with zero attached hydrogens (tertiary/aromatic N) is 1. The molecule has 1 unspecified atom stereocenters. The Morgan fingerprint density at radius 3 is 2.69 bits per heavy atom. The number of amides is 1. The average molecular weight is 349 g/mol. The highest BCUT2D eigenvalue weighted by atomic mass is 16.5. The summed E-state index contributed by atoms with van der Waals surface area (Å²) in [6.07, 6.45) is 1.78. The van der Waals surface area contributed by atoms with Gasteiger partial charge in [0.25, 0.3) is 5.91 Å². The monoisotopic (exact) mass is 349 g/mol. The Hall–Kier alpha value is -3.08. The summed E-state index contributed by atoms with van der Waals surface area (Å²) in [4.78, 5) is 27.2. The fourth-order valence-electron chi connectivity index (χ4n) is 3.55. The Balaban J connectivity index is 1.68. The van der Waals surface area contributed by atoms with Gasteiger partial charge in [-0.1, -0.05) is 30.3 Å². The Bertz CT molecular complexity index is 1010. The molecule has 26 heavy (non-hydrogen) atoms. The molecule has 5 heteroatoms. The van der Waals surface area contributed by atoms with E-state index in [1.807, 2.05) is 36.4 Å². The van der Waals surface area contributed by atoms with Crippen molar-refractivity contribution in [3.05, 3.63) is 76.1 Å². The molecule has 132 valence electrons. The van der Waals surface area contributed by atoms with Crippen molar-refractivity contribution >= 4 is 16.9 Å². The molecule has 0 bridgehead atoms. The number of rotatable bonds is 3. The summed E-state index contributed by atoms with van der Waals surface area (Å²) in [5.74, 6) is 0.502. The molecule has 1 aromatic heterocycles. The van der Waals surface area contributed by atoms with Gasteiger partial charge < -0.3 is 14.1 Å². The van der Waals surface area contributed by atoms with Gasteiger partial charge in [-0.15, -0.1) is 0 Å². The van der Waals surface area contributed by atoms with E-state index in [4.69, 9.17) is 9.15 Å². The molecule has 0 saturated carbocycles. The Labute approximate surface area is 150 Å². The number of carbonyl (C=O) groups excluding carboxylic acids is 1. The zero-order valence-corrected chi connectivity index (χ0v) is 14.5. The summed E-state index contributed by atoms with van der Waals surface area (Å²) in [5, 5.41) is 0.746. The molecule has 0 radical (unpaired) electrons. The zero-order valence-electron chi connectivity index (χ0n) is 14.5. The lowest BCUT2D eigenvalue weighted by Crippen LogP contribution is -2.33. The third-order valence-corrected chi connectivity index (χ3v) is 4.89. The first-order valence-corrected chi connectivity index (χ1v) is 8.65. The van der Waals surface area contributed by atoms with Gasteiger partial charge in [-0.05, 0) is 42.7 Å². The number of carbonyl (C=O) groups is 1. The molecule has 1 fully saturated rings. The van der Waals surface area contributed by atoms with Crippen LogP contribution in [0.5, 0.6) is 5.75 Å². The van der Waals surface area contributed by atoms with Crippen LogP contribution in [-0.2, 0) is 0 Å². The SMILES string of the molecule is COc1ccc(C2CCCN2C(=O)c2cc3ccccc3oc2=O)cc1. The van der Waals surface area contributed by atoms with Gasteiger partial charge in [0.05, 0.1) is 13.2 Å². The first-order valence-electron chi connectivity index (χ1n) is 8.65. The lowest BCUT2D eigenvalue weighted by atomic mass is 10.0. The van der Waals surface area contributed by atoms with Crippen LogP contribution in [0.25, 0.3) is 11.0 Å². The second kappa shape index (κ2) is 6.67.